The molecule has 0 atom stereocenters. The molecule has 2 rings (SSSR count). The van der Waals surface area contributed by atoms with E-state index in [4.69, 9.17) is 0 Å². The first-order valence-electron chi connectivity index (χ1n) is 4.91. The zero-order valence-electron chi connectivity index (χ0n) is 8.18. The summed E-state index contributed by atoms with van der Waals surface area (Å²) < 4.78 is 0.959. The lowest BCUT2D eigenvalue weighted by molar-refractivity contribution is 0.0827. The van der Waals surface area contributed by atoms with Crippen molar-refractivity contribution in [3.05, 3.63) is 20.8 Å². The smallest absolute Gasteiger partial charge is 0.179 e. The summed E-state index contributed by atoms with van der Waals surface area (Å²) in [6.45, 7) is 2.11. The maximum absolute atomic E-state index is 12.2. The van der Waals surface area contributed by atoms with E-state index in [2.05, 4.69) is 22.9 Å². The van der Waals surface area contributed by atoms with E-state index in [1.165, 1.54) is 12.8 Å². The Balaban J connectivity index is 2.28. The number of Topliss-reactive ketones (excluding diaryl/α,β-unsaturated/α-hetero) is 1. The van der Waals surface area contributed by atoms with Crippen LogP contribution in [0.15, 0.2) is 15.9 Å². The second kappa shape index (κ2) is 3.78. The van der Waals surface area contributed by atoms with Crippen molar-refractivity contribution in [2.75, 3.05) is 0 Å². The van der Waals surface area contributed by atoms with E-state index in [9.17, 15) is 4.79 Å². The van der Waals surface area contributed by atoms with E-state index in [1.54, 1.807) is 11.3 Å². The third-order valence-electron chi connectivity index (χ3n) is 3.08. The first-order chi connectivity index (χ1) is 6.63. The van der Waals surface area contributed by atoms with Crippen LogP contribution in [-0.4, -0.2) is 5.78 Å². The molecule has 0 spiro atoms. The minimum atomic E-state index is -0.0899. The van der Waals surface area contributed by atoms with Gasteiger partial charge in [0, 0.05) is 9.89 Å². The predicted octanol–water partition coefficient (Wildman–Crippen LogP) is 4.27. The average Bonchev–Trinajstić information content (AvgIpc) is 2.74. The van der Waals surface area contributed by atoms with Gasteiger partial charge in [0.2, 0.25) is 0 Å². The zero-order chi connectivity index (χ0) is 10.2. The molecule has 1 saturated carbocycles. The van der Waals surface area contributed by atoms with Gasteiger partial charge in [0.25, 0.3) is 0 Å². The van der Waals surface area contributed by atoms with Crippen molar-refractivity contribution in [1.29, 1.82) is 0 Å². The highest BCUT2D eigenvalue weighted by molar-refractivity contribution is 9.10. The monoisotopic (exact) mass is 272 g/mol. The molecule has 0 bridgehead atoms. The molecule has 0 saturated heterocycles. The van der Waals surface area contributed by atoms with Crippen LogP contribution in [0.3, 0.4) is 0 Å². The van der Waals surface area contributed by atoms with Crippen LogP contribution < -0.4 is 0 Å². The summed E-state index contributed by atoms with van der Waals surface area (Å²) in [5, 5.41) is 1.97. The van der Waals surface area contributed by atoms with E-state index in [0.717, 1.165) is 22.2 Å². The molecular weight excluding hydrogens is 260 g/mol. The summed E-state index contributed by atoms with van der Waals surface area (Å²) in [5.41, 5.74) is -0.0899. The van der Waals surface area contributed by atoms with Crippen molar-refractivity contribution in [3.63, 3.8) is 0 Å². The number of rotatable bonds is 2. The van der Waals surface area contributed by atoms with Crippen molar-refractivity contribution in [2.45, 2.75) is 32.6 Å². The maximum Gasteiger partial charge on any atom is 0.179 e. The number of hydrogen-bond donors (Lipinski definition) is 0. The van der Waals surface area contributed by atoms with Crippen LogP contribution in [0.1, 0.15) is 42.3 Å². The number of ketones is 1. The van der Waals surface area contributed by atoms with Crippen LogP contribution in [0, 0.1) is 5.41 Å². The lowest BCUT2D eigenvalue weighted by Gasteiger charge is -2.20. The van der Waals surface area contributed by atoms with Gasteiger partial charge in [-0.2, -0.15) is 0 Å². The van der Waals surface area contributed by atoms with Gasteiger partial charge in [-0.25, -0.2) is 0 Å². The molecule has 1 aliphatic carbocycles. The van der Waals surface area contributed by atoms with Gasteiger partial charge in [0.15, 0.2) is 5.78 Å². The van der Waals surface area contributed by atoms with Gasteiger partial charge in [0.05, 0.1) is 4.88 Å². The van der Waals surface area contributed by atoms with Crippen LogP contribution in [-0.2, 0) is 0 Å². The number of carbonyl (C=O) groups excluding carboxylic acids is 1. The van der Waals surface area contributed by atoms with Crippen molar-refractivity contribution < 1.29 is 4.79 Å². The predicted molar refractivity (Wildman–Crippen MR) is 62.9 cm³/mol. The van der Waals surface area contributed by atoms with Crippen LogP contribution in [0.25, 0.3) is 0 Å². The molecule has 0 aliphatic heterocycles. The Morgan fingerprint density at radius 3 is 2.64 bits per heavy atom. The molecule has 0 amide bonds. The standard InChI is InChI=1S/C11H13BrOS/c1-11(5-2-3-6-11)10(13)9-8(12)4-7-14-9/h4,7H,2-3,5-6H2,1H3. The summed E-state index contributed by atoms with van der Waals surface area (Å²) in [7, 11) is 0. The summed E-state index contributed by atoms with van der Waals surface area (Å²) in [6, 6.07) is 1.95. The fraction of sp³-hybridized carbons (Fsp3) is 0.545. The molecule has 0 aromatic carbocycles. The largest absolute Gasteiger partial charge is 0.293 e. The van der Waals surface area contributed by atoms with Gasteiger partial charge in [-0.05, 0) is 40.2 Å². The SMILES string of the molecule is CC1(C(=O)c2sccc2Br)CCCC1. The van der Waals surface area contributed by atoms with Crippen LogP contribution >= 0.6 is 27.3 Å². The Kier molecular flexibility index (Phi) is 2.80. The molecule has 76 valence electrons. The quantitative estimate of drug-likeness (QED) is 0.735. The Bertz CT molecular complexity index is 350. The highest BCUT2D eigenvalue weighted by Gasteiger charge is 2.37. The van der Waals surface area contributed by atoms with Gasteiger partial charge in [-0.15, -0.1) is 11.3 Å². The normalized spacial score (nSPS) is 19.9. The summed E-state index contributed by atoms with van der Waals surface area (Å²) in [5.74, 6) is 0.330. The molecule has 0 radical (unpaired) electrons. The molecule has 14 heavy (non-hydrogen) atoms. The fourth-order valence-electron chi connectivity index (χ4n) is 2.11. The molecule has 3 heteroatoms. The van der Waals surface area contributed by atoms with Crippen LogP contribution in [0.2, 0.25) is 0 Å². The third-order valence-corrected chi connectivity index (χ3v) is 4.92. The number of thiophene rings is 1. The highest BCUT2D eigenvalue weighted by Crippen LogP contribution is 2.42. The molecule has 1 aliphatic rings. The number of hydrogen-bond acceptors (Lipinski definition) is 2. The fourth-order valence-corrected chi connectivity index (χ4v) is 3.75. The number of halogens is 1. The van der Waals surface area contributed by atoms with Crippen molar-refractivity contribution >= 4 is 33.0 Å². The summed E-state index contributed by atoms with van der Waals surface area (Å²) >= 11 is 4.97. The van der Waals surface area contributed by atoms with Gasteiger partial charge >= 0.3 is 0 Å². The molecule has 1 heterocycles. The minimum absolute atomic E-state index is 0.0899. The minimum Gasteiger partial charge on any atom is -0.293 e. The summed E-state index contributed by atoms with van der Waals surface area (Å²) in [6.07, 6.45) is 4.50. The molecule has 1 aromatic heterocycles. The van der Waals surface area contributed by atoms with Gasteiger partial charge < -0.3 is 0 Å². The molecule has 1 fully saturated rings. The number of carbonyl (C=O) groups is 1. The molecule has 1 aromatic rings. The second-order valence-corrected chi connectivity index (χ2v) is 5.97. The Morgan fingerprint density at radius 1 is 1.50 bits per heavy atom. The molecule has 1 nitrogen and oxygen atoms in total. The Hall–Kier alpha value is -0.150. The van der Waals surface area contributed by atoms with E-state index >= 15 is 0 Å². The molecule has 0 unspecified atom stereocenters. The van der Waals surface area contributed by atoms with Crippen molar-refractivity contribution in [2.24, 2.45) is 5.41 Å². The average molecular weight is 273 g/mol. The highest BCUT2D eigenvalue weighted by atomic mass is 79.9. The Labute approximate surface area is 96.6 Å². The van der Waals surface area contributed by atoms with Gasteiger partial charge in [-0.1, -0.05) is 19.8 Å². The Morgan fingerprint density at radius 2 is 2.14 bits per heavy atom. The zero-order valence-corrected chi connectivity index (χ0v) is 10.6. The van der Waals surface area contributed by atoms with E-state index < -0.39 is 0 Å². The van der Waals surface area contributed by atoms with Crippen molar-refractivity contribution in [1.82, 2.24) is 0 Å². The first kappa shape index (κ1) is 10.4. The van der Waals surface area contributed by atoms with E-state index in [0.29, 0.717) is 5.78 Å². The third kappa shape index (κ3) is 1.68. The van der Waals surface area contributed by atoms with Crippen LogP contribution in [0.4, 0.5) is 0 Å². The topological polar surface area (TPSA) is 17.1 Å². The van der Waals surface area contributed by atoms with E-state index in [-0.39, 0.29) is 5.41 Å². The van der Waals surface area contributed by atoms with Gasteiger partial charge in [-0.3, -0.25) is 4.79 Å². The van der Waals surface area contributed by atoms with Crippen molar-refractivity contribution in [3.8, 4) is 0 Å². The molecular formula is C11H13BrOS. The summed E-state index contributed by atoms with van der Waals surface area (Å²) in [4.78, 5) is 13.1. The second-order valence-electron chi connectivity index (χ2n) is 4.19. The van der Waals surface area contributed by atoms with Crippen LogP contribution in [0.5, 0.6) is 0 Å². The lowest BCUT2D eigenvalue weighted by Crippen LogP contribution is -2.23. The van der Waals surface area contributed by atoms with E-state index in [1.807, 2.05) is 11.4 Å². The lowest BCUT2D eigenvalue weighted by atomic mass is 9.83. The molecule has 0 N–H and O–H groups in total. The first-order valence-corrected chi connectivity index (χ1v) is 6.58. The maximum atomic E-state index is 12.2. The van der Waals surface area contributed by atoms with Gasteiger partial charge in [0.1, 0.15) is 0 Å².